The molecule has 0 saturated heterocycles. The van der Waals surface area contributed by atoms with Crippen LogP contribution in [0.25, 0.3) is 0 Å². The van der Waals surface area contributed by atoms with Gasteiger partial charge >= 0.3 is 21.5 Å². The Morgan fingerprint density at radius 1 is 1.04 bits per heavy atom. The fourth-order valence-corrected chi connectivity index (χ4v) is 2.51. The number of halogens is 2. The van der Waals surface area contributed by atoms with E-state index in [0.717, 1.165) is 0 Å². The molecule has 0 aromatic heterocycles. The van der Waals surface area contributed by atoms with E-state index < -0.39 is 32.4 Å². The van der Waals surface area contributed by atoms with E-state index in [0.29, 0.717) is 12.8 Å². The average Bonchev–Trinajstić information content (AvgIpc) is 2.35. The lowest BCUT2D eigenvalue weighted by atomic mass is 9.58. The van der Waals surface area contributed by atoms with Crippen LogP contribution in [0.5, 0.6) is 0 Å². The number of hydrogen-bond donors (Lipinski definition) is 1. The Morgan fingerprint density at radius 2 is 1.48 bits per heavy atom. The van der Waals surface area contributed by atoms with Crippen LogP contribution in [0.2, 0.25) is 0 Å². The third-order valence-electron chi connectivity index (χ3n) is 5.13. The summed E-state index contributed by atoms with van der Waals surface area (Å²) in [6.07, 6.45) is 1.43. The third-order valence-corrected chi connectivity index (χ3v) is 5.81. The summed E-state index contributed by atoms with van der Waals surface area (Å²) in [4.78, 5) is 12.4. The van der Waals surface area contributed by atoms with E-state index >= 15 is 0 Å². The molecular weight excluding hydrogens is 330 g/mol. The molecular formula is C15H28F2O5S. The zero-order valence-corrected chi connectivity index (χ0v) is 15.7. The second-order valence-corrected chi connectivity index (χ2v) is 9.02. The number of ether oxygens (including phenoxy) is 1. The summed E-state index contributed by atoms with van der Waals surface area (Å²) in [6, 6.07) is 0. The predicted molar refractivity (Wildman–Crippen MR) is 83.5 cm³/mol. The van der Waals surface area contributed by atoms with Gasteiger partial charge in [0.1, 0.15) is 0 Å². The first kappa shape index (κ1) is 22.2. The molecule has 8 heteroatoms. The zero-order valence-electron chi connectivity index (χ0n) is 14.9. The van der Waals surface area contributed by atoms with Gasteiger partial charge in [0.25, 0.3) is 0 Å². The summed E-state index contributed by atoms with van der Waals surface area (Å²) in [6.45, 7) is 12.5. The summed E-state index contributed by atoms with van der Waals surface area (Å²) in [5.74, 6) is -1.34. The molecule has 1 N–H and O–H groups in total. The predicted octanol–water partition coefficient (Wildman–Crippen LogP) is 4.24. The summed E-state index contributed by atoms with van der Waals surface area (Å²) >= 11 is 0. The molecule has 0 spiro atoms. The molecule has 138 valence electrons. The molecule has 0 aromatic rings. The van der Waals surface area contributed by atoms with Gasteiger partial charge in [-0.15, -0.1) is 8.78 Å². The Morgan fingerprint density at radius 3 is 1.78 bits per heavy atom. The van der Waals surface area contributed by atoms with Gasteiger partial charge in [0.15, 0.2) is 0 Å². The average molecular weight is 358 g/mol. The van der Waals surface area contributed by atoms with E-state index in [2.05, 4.69) is 4.74 Å². The summed E-state index contributed by atoms with van der Waals surface area (Å²) < 4.78 is 60.8. The first-order chi connectivity index (χ1) is 9.96. The third kappa shape index (κ3) is 4.86. The number of rotatable bonds is 8. The highest BCUT2D eigenvalue weighted by atomic mass is 32.2. The lowest BCUT2D eigenvalue weighted by Gasteiger charge is -2.46. The molecule has 0 amide bonds. The fraction of sp³-hybridized carbons (Fsp3) is 0.933. The lowest BCUT2D eigenvalue weighted by molar-refractivity contribution is -0.213. The maximum absolute atomic E-state index is 13.4. The smallest absolute Gasteiger partial charge is 0.386 e. The lowest BCUT2D eigenvalue weighted by Crippen LogP contribution is -2.49. The molecule has 0 aromatic carbocycles. The molecule has 5 nitrogen and oxygen atoms in total. The molecule has 0 fully saturated rings. The Kier molecular flexibility index (Phi) is 6.41. The minimum atomic E-state index is -5.84. The Balaban J connectivity index is 5.86. The highest BCUT2D eigenvalue weighted by Gasteiger charge is 2.56. The van der Waals surface area contributed by atoms with Gasteiger partial charge in [-0.05, 0) is 30.6 Å². The molecule has 0 heterocycles. The van der Waals surface area contributed by atoms with Gasteiger partial charge in [0.05, 0.1) is 5.41 Å². The van der Waals surface area contributed by atoms with Crippen molar-refractivity contribution in [1.29, 1.82) is 0 Å². The van der Waals surface area contributed by atoms with Gasteiger partial charge in [0, 0.05) is 0 Å². The van der Waals surface area contributed by atoms with Crippen molar-refractivity contribution in [3.63, 3.8) is 0 Å². The molecule has 0 rings (SSSR count). The molecule has 1 unspecified atom stereocenters. The minimum absolute atomic E-state index is 0.234. The summed E-state index contributed by atoms with van der Waals surface area (Å²) in [7, 11) is -5.84. The highest BCUT2D eigenvalue weighted by molar-refractivity contribution is 7.86. The van der Waals surface area contributed by atoms with Crippen LogP contribution in [0.3, 0.4) is 0 Å². The molecule has 1 atom stereocenters. The van der Waals surface area contributed by atoms with Gasteiger partial charge in [-0.2, -0.15) is 8.42 Å². The van der Waals surface area contributed by atoms with Crippen LogP contribution >= 0.6 is 0 Å². The first-order valence-corrected chi connectivity index (χ1v) is 8.98. The molecule has 0 aliphatic carbocycles. The quantitative estimate of drug-likeness (QED) is 0.518. The fourth-order valence-electron chi connectivity index (χ4n) is 2.33. The number of carbonyl (C=O) groups excluding carboxylic acids is 1. The number of hydrogen-bond acceptors (Lipinski definition) is 4. The molecule has 0 radical (unpaired) electrons. The molecule has 0 saturated carbocycles. The highest BCUT2D eigenvalue weighted by Crippen LogP contribution is 2.51. The van der Waals surface area contributed by atoms with Crippen LogP contribution in [0.4, 0.5) is 8.78 Å². The van der Waals surface area contributed by atoms with Crippen molar-refractivity contribution in [2.24, 2.45) is 16.2 Å². The van der Waals surface area contributed by atoms with Crippen LogP contribution in [0.1, 0.15) is 67.7 Å². The van der Waals surface area contributed by atoms with Gasteiger partial charge in [-0.3, -0.25) is 9.35 Å². The van der Waals surface area contributed by atoms with Crippen LogP contribution in [-0.4, -0.2) is 24.4 Å². The Hall–Kier alpha value is -0.760. The van der Waals surface area contributed by atoms with E-state index in [9.17, 15) is 22.0 Å². The van der Waals surface area contributed by atoms with Crippen molar-refractivity contribution in [3.05, 3.63) is 0 Å². The van der Waals surface area contributed by atoms with Gasteiger partial charge in [-0.1, -0.05) is 48.0 Å². The molecule has 0 aliphatic rings. The molecule has 0 aliphatic heterocycles. The SMILES string of the molecule is CCC(C)(C)CC(C)(C(=O)OC(F)(F)S(=O)(=O)O)C(C)(C)CC. The normalized spacial score (nSPS) is 16.8. The Labute approximate surface area is 137 Å². The maximum Gasteiger partial charge on any atom is 0.536 e. The van der Waals surface area contributed by atoms with Crippen molar-refractivity contribution < 1.29 is 31.3 Å². The second kappa shape index (κ2) is 6.63. The standard InChI is InChI=1S/C15H28F2O5S/c1-8-12(3,4)10-14(7,13(5,6)9-2)11(18)22-15(16,17)23(19,20)21/h8-10H2,1-7H3,(H,19,20,21). The largest absolute Gasteiger partial charge is 0.536 e. The van der Waals surface area contributed by atoms with E-state index in [-0.39, 0.29) is 11.8 Å². The van der Waals surface area contributed by atoms with E-state index in [1.165, 1.54) is 6.92 Å². The number of carbonyl (C=O) groups is 1. The van der Waals surface area contributed by atoms with Crippen molar-refractivity contribution in [2.75, 3.05) is 0 Å². The van der Waals surface area contributed by atoms with Crippen molar-refractivity contribution in [1.82, 2.24) is 0 Å². The zero-order chi connectivity index (χ0) is 18.9. The summed E-state index contributed by atoms with van der Waals surface area (Å²) in [5, 5.41) is 0. The summed E-state index contributed by atoms with van der Waals surface area (Å²) in [5.41, 5.74) is -7.37. The van der Waals surface area contributed by atoms with Crippen molar-refractivity contribution in [3.8, 4) is 0 Å². The van der Waals surface area contributed by atoms with Crippen molar-refractivity contribution >= 4 is 16.1 Å². The number of alkyl halides is 2. The maximum atomic E-state index is 13.4. The topological polar surface area (TPSA) is 80.7 Å². The van der Waals surface area contributed by atoms with Crippen LogP contribution < -0.4 is 0 Å². The van der Waals surface area contributed by atoms with Crippen molar-refractivity contribution in [2.45, 2.75) is 73.2 Å². The second-order valence-electron chi connectivity index (χ2n) is 7.59. The van der Waals surface area contributed by atoms with Crippen LogP contribution in [0, 0.1) is 16.2 Å². The van der Waals surface area contributed by atoms with Crippen LogP contribution in [-0.2, 0) is 19.6 Å². The van der Waals surface area contributed by atoms with E-state index in [1.54, 1.807) is 13.8 Å². The van der Waals surface area contributed by atoms with E-state index in [1.807, 2.05) is 27.7 Å². The Bertz CT molecular complexity index is 540. The van der Waals surface area contributed by atoms with E-state index in [4.69, 9.17) is 4.55 Å². The van der Waals surface area contributed by atoms with Gasteiger partial charge < -0.3 is 4.74 Å². The molecule has 23 heavy (non-hydrogen) atoms. The first-order valence-electron chi connectivity index (χ1n) is 7.54. The van der Waals surface area contributed by atoms with Gasteiger partial charge in [-0.25, -0.2) is 0 Å². The van der Waals surface area contributed by atoms with Crippen LogP contribution in [0.15, 0.2) is 0 Å². The monoisotopic (exact) mass is 358 g/mol. The van der Waals surface area contributed by atoms with Gasteiger partial charge in [0.2, 0.25) is 0 Å². The minimum Gasteiger partial charge on any atom is -0.386 e. The molecule has 0 bridgehead atoms. The number of esters is 1.